The highest BCUT2D eigenvalue weighted by Gasteiger charge is 2.29. The second kappa shape index (κ2) is 8.48. The molecule has 2 aliphatic rings. The molecule has 2 fully saturated rings. The SMILES string of the molecule is CCC(C(=O)N1CCN(CC(=O)N2CCCC2)CC1)c1ccccc1. The molecule has 1 atom stereocenters. The van der Waals surface area contributed by atoms with Gasteiger partial charge in [0.15, 0.2) is 0 Å². The minimum atomic E-state index is -0.0565. The van der Waals surface area contributed by atoms with E-state index in [1.165, 1.54) is 0 Å². The molecule has 0 spiro atoms. The number of nitrogens with zero attached hydrogens (tertiary/aromatic N) is 3. The van der Waals surface area contributed by atoms with Crippen molar-refractivity contribution in [2.45, 2.75) is 32.1 Å². The van der Waals surface area contributed by atoms with E-state index in [0.717, 1.165) is 64.1 Å². The monoisotopic (exact) mass is 343 g/mol. The third-order valence-corrected chi connectivity index (χ3v) is 5.41. The Bertz CT molecular complexity index is 576. The minimum absolute atomic E-state index is 0.0565. The molecule has 5 heteroatoms. The molecule has 2 heterocycles. The first kappa shape index (κ1) is 17.9. The summed E-state index contributed by atoms with van der Waals surface area (Å²) >= 11 is 0. The average Bonchev–Trinajstić information content (AvgIpc) is 3.19. The van der Waals surface area contributed by atoms with Gasteiger partial charge < -0.3 is 9.80 Å². The van der Waals surface area contributed by atoms with E-state index in [4.69, 9.17) is 0 Å². The summed E-state index contributed by atoms with van der Waals surface area (Å²) in [6, 6.07) is 10.0. The van der Waals surface area contributed by atoms with Crippen molar-refractivity contribution in [1.82, 2.24) is 14.7 Å². The molecule has 0 aliphatic carbocycles. The summed E-state index contributed by atoms with van der Waals surface area (Å²) in [4.78, 5) is 31.3. The van der Waals surface area contributed by atoms with Crippen molar-refractivity contribution in [3.05, 3.63) is 35.9 Å². The molecule has 2 saturated heterocycles. The quantitative estimate of drug-likeness (QED) is 0.821. The van der Waals surface area contributed by atoms with Crippen LogP contribution in [0, 0.1) is 0 Å². The van der Waals surface area contributed by atoms with Crippen molar-refractivity contribution in [3.8, 4) is 0 Å². The Morgan fingerprint density at radius 1 is 0.920 bits per heavy atom. The molecule has 0 radical (unpaired) electrons. The lowest BCUT2D eigenvalue weighted by molar-refractivity contribution is -0.136. The molecule has 5 nitrogen and oxygen atoms in total. The van der Waals surface area contributed by atoms with Crippen LogP contribution in [0.25, 0.3) is 0 Å². The van der Waals surface area contributed by atoms with E-state index in [1.54, 1.807) is 0 Å². The van der Waals surface area contributed by atoms with Crippen LogP contribution in [0.5, 0.6) is 0 Å². The third kappa shape index (κ3) is 4.40. The maximum atomic E-state index is 12.9. The van der Waals surface area contributed by atoms with Crippen molar-refractivity contribution in [1.29, 1.82) is 0 Å². The van der Waals surface area contributed by atoms with Crippen molar-refractivity contribution < 1.29 is 9.59 Å². The van der Waals surface area contributed by atoms with Crippen molar-refractivity contribution in [3.63, 3.8) is 0 Å². The highest BCUT2D eigenvalue weighted by Crippen LogP contribution is 2.22. The number of benzene rings is 1. The molecule has 0 bridgehead atoms. The maximum absolute atomic E-state index is 12.9. The maximum Gasteiger partial charge on any atom is 0.236 e. The van der Waals surface area contributed by atoms with E-state index in [2.05, 4.69) is 11.8 Å². The molecule has 0 aromatic heterocycles. The van der Waals surface area contributed by atoms with E-state index >= 15 is 0 Å². The second-order valence-electron chi connectivity index (χ2n) is 7.06. The fourth-order valence-electron chi connectivity index (χ4n) is 3.84. The number of rotatable bonds is 5. The summed E-state index contributed by atoms with van der Waals surface area (Å²) in [7, 11) is 0. The standard InChI is InChI=1S/C20H29N3O2/c1-2-18(17-8-4-3-5-9-17)20(25)23-14-12-21(13-15-23)16-19(24)22-10-6-7-11-22/h3-5,8-9,18H,2,6-7,10-16H2,1H3. The van der Waals surface area contributed by atoms with E-state index in [1.807, 2.05) is 40.1 Å². The number of hydrogen-bond acceptors (Lipinski definition) is 3. The van der Waals surface area contributed by atoms with Gasteiger partial charge in [-0.2, -0.15) is 0 Å². The second-order valence-corrected chi connectivity index (χ2v) is 7.06. The van der Waals surface area contributed by atoms with Crippen LogP contribution in [0.3, 0.4) is 0 Å². The first-order chi connectivity index (χ1) is 12.2. The number of carbonyl (C=O) groups is 2. The Labute approximate surface area is 150 Å². The van der Waals surface area contributed by atoms with Crippen LogP contribution in [0.1, 0.15) is 37.7 Å². The van der Waals surface area contributed by atoms with Crippen LogP contribution in [-0.4, -0.2) is 72.3 Å². The van der Waals surface area contributed by atoms with Crippen molar-refractivity contribution in [2.24, 2.45) is 0 Å². The predicted octanol–water partition coefficient (Wildman–Crippen LogP) is 1.95. The topological polar surface area (TPSA) is 43.9 Å². The van der Waals surface area contributed by atoms with Gasteiger partial charge in [0.05, 0.1) is 12.5 Å². The van der Waals surface area contributed by atoms with Crippen molar-refractivity contribution >= 4 is 11.8 Å². The van der Waals surface area contributed by atoms with Crippen LogP contribution in [0.4, 0.5) is 0 Å². The summed E-state index contributed by atoms with van der Waals surface area (Å²) in [6.07, 6.45) is 3.08. The summed E-state index contributed by atoms with van der Waals surface area (Å²) in [5.41, 5.74) is 1.10. The lowest BCUT2D eigenvalue weighted by Crippen LogP contribution is -2.52. The van der Waals surface area contributed by atoms with Gasteiger partial charge in [0.25, 0.3) is 0 Å². The lowest BCUT2D eigenvalue weighted by Gasteiger charge is -2.36. The highest BCUT2D eigenvalue weighted by atomic mass is 16.2. The number of piperazine rings is 1. The molecule has 1 unspecified atom stereocenters. The van der Waals surface area contributed by atoms with Gasteiger partial charge in [0.2, 0.25) is 11.8 Å². The molecular formula is C20H29N3O2. The van der Waals surface area contributed by atoms with Gasteiger partial charge in [-0.15, -0.1) is 0 Å². The van der Waals surface area contributed by atoms with Gasteiger partial charge in [-0.05, 0) is 24.8 Å². The summed E-state index contributed by atoms with van der Waals surface area (Å²) in [5, 5.41) is 0. The zero-order chi connectivity index (χ0) is 17.6. The van der Waals surface area contributed by atoms with E-state index < -0.39 is 0 Å². The fraction of sp³-hybridized carbons (Fsp3) is 0.600. The van der Waals surface area contributed by atoms with Gasteiger partial charge >= 0.3 is 0 Å². The molecule has 25 heavy (non-hydrogen) atoms. The summed E-state index contributed by atoms with van der Waals surface area (Å²) < 4.78 is 0. The number of carbonyl (C=O) groups excluding carboxylic acids is 2. The van der Waals surface area contributed by atoms with Gasteiger partial charge in [-0.25, -0.2) is 0 Å². The Kier molecular flexibility index (Phi) is 6.08. The Morgan fingerprint density at radius 3 is 2.16 bits per heavy atom. The van der Waals surface area contributed by atoms with Crippen LogP contribution >= 0.6 is 0 Å². The fourth-order valence-corrected chi connectivity index (χ4v) is 3.84. The van der Waals surface area contributed by atoms with E-state index in [-0.39, 0.29) is 17.7 Å². The molecule has 2 amide bonds. The van der Waals surface area contributed by atoms with Gasteiger partial charge in [0, 0.05) is 39.3 Å². The van der Waals surface area contributed by atoms with Gasteiger partial charge in [-0.1, -0.05) is 37.3 Å². The van der Waals surface area contributed by atoms with Crippen LogP contribution in [0.15, 0.2) is 30.3 Å². The molecule has 2 aliphatic heterocycles. The predicted molar refractivity (Wildman–Crippen MR) is 98.3 cm³/mol. The lowest BCUT2D eigenvalue weighted by atomic mass is 9.95. The first-order valence-corrected chi connectivity index (χ1v) is 9.53. The van der Waals surface area contributed by atoms with E-state index in [9.17, 15) is 9.59 Å². The highest BCUT2D eigenvalue weighted by molar-refractivity contribution is 5.84. The molecule has 0 N–H and O–H groups in total. The minimum Gasteiger partial charge on any atom is -0.342 e. The molecule has 3 rings (SSSR count). The molecule has 0 saturated carbocycles. The van der Waals surface area contributed by atoms with Crippen LogP contribution in [-0.2, 0) is 9.59 Å². The summed E-state index contributed by atoms with van der Waals surface area (Å²) in [6.45, 7) is 7.40. The normalized spacial score (nSPS) is 19.9. The third-order valence-electron chi connectivity index (χ3n) is 5.41. The number of amides is 2. The molecule has 136 valence electrons. The summed E-state index contributed by atoms with van der Waals surface area (Å²) in [5.74, 6) is 0.409. The Morgan fingerprint density at radius 2 is 1.56 bits per heavy atom. The van der Waals surface area contributed by atoms with Crippen molar-refractivity contribution in [2.75, 3.05) is 45.8 Å². The molecular weight excluding hydrogens is 314 g/mol. The van der Waals surface area contributed by atoms with Gasteiger partial charge in [-0.3, -0.25) is 14.5 Å². The Hall–Kier alpha value is -1.88. The van der Waals surface area contributed by atoms with E-state index in [0.29, 0.717) is 6.54 Å². The molecule has 1 aromatic carbocycles. The first-order valence-electron chi connectivity index (χ1n) is 9.53. The zero-order valence-electron chi connectivity index (χ0n) is 15.2. The largest absolute Gasteiger partial charge is 0.342 e. The molecule has 1 aromatic rings. The smallest absolute Gasteiger partial charge is 0.236 e. The van der Waals surface area contributed by atoms with Crippen LogP contribution < -0.4 is 0 Å². The Balaban J connectivity index is 1.51. The van der Waals surface area contributed by atoms with Gasteiger partial charge in [0.1, 0.15) is 0 Å². The van der Waals surface area contributed by atoms with Crippen LogP contribution in [0.2, 0.25) is 0 Å². The zero-order valence-corrected chi connectivity index (χ0v) is 15.2. The number of hydrogen-bond donors (Lipinski definition) is 0. The average molecular weight is 343 g/mol. The number of likely N-dealkylation sites (tertiary alicyclic amines) is 1.